The Labute approximate surface area is 212 Å². The predicted molar refractivity (Wildman–Crippen MR) is 142 cm³/mol. The first-order chi connectivity index (χ1) is 16.4. The number of aryl methyl sites for hydroxylation is 1. The molecule has 0 saturated carbocycles. The van der Waals surface area contributed by atoms with Gasteiger partial charge in [-0.15, -0.1) is 11.3 Å². The van der Waals surface area contributed by atoms with Gasteiger partial charge in [-0.05, 0) is 77.7 Å². The second-order valence-corrected chi connectivity index (χ2v) is 12.5. The number of carbonyl (C=O) groups is 1. The number of nitrogens with zero attached hydrogens (tertiary/aromatic N) is 4. The number of fused-ring (bicyclic) bond motifs is 2. The summed E-state index contributed by atoms with van der Waals surface area (Å²) in [7, 11) is 0. The van der Waals surface area contributed by atoms with E-state index < -0.39 is 0 Å². The molecule has 1 amide bonds. The lowest BCUT2D eigenvalue weighted by Gasteiger charge is -2.38. The molecule has 2 fully saturated rings. The summed E-state index contributed by atoms with van der Waals surface area (Å²) in [5.41, 5.74) is 5.07. The summed E-state index contributed by atoms with van der Waals surface area (Å²) in [4.78, 5) is 27.4. The van der Waals surface area contributed by atoms with E-state index in [0.717, 1.165) is 84.1 Å². The average molecular weight is 541 g/mol. The Balaban J connectivity index is 1.30. The average Bonchev–Trinajstić information content (AvgIpc) is 3.35. The van der Waals surface area contributed by atoms with Crippen molar-refractivity contribution in [2.75, 3.05) is 29.4 Å². The van der Waals surface area contributed by atoms with E-state index in [4.69, 9.17) is 9.97 Å². The predicted octanol–water partition coefficient (Wildman–Crippen LogP) is 5.07. The van der Waals surface area contributed by atoms with Crippen LogP contribution in [0.5, 0.6) is 0 Å². The van der Waals surface area contributed by atoms with Crippen LogP contribution in [0, 0.1) is 5.41 Å². The fourth-order valence-corrected chi connectivity index (χ4v) is 7.45. The number of benzene rings is 1. The van der Waals surface area contributed by atoms with Gasteiger partial charge in [0, 0.05) is 32.2 Å². The number of nitrogens with one attached hydrogen (secondary N) is 1. The van der Waals surface area contributed by atoms with Gasteiger partial charge in [0.25, 0.3) is 0 Å². The molecule has 2 aromatic heterocycles. The fourth-order valence-electron chi connectivity index (χ4n) is 5.91. The van der Waals surface area contributed by atoms with Crippen molar-refractivity contribution in [3.8, 4) is 0 Å². The third-order valence-corrected chi connectivity index (χ3v) is 9.49. The van der Waals surface area contributed by atoms with Gasteiger partial charge in [0.2, 0.25) is 11.9 Å². The number of hydrogen-bond acceptors (Lipinski definition) is 6. The molecule has 8 heteroatoms. The van der Waals surface area contributed by atoms with Gasteiger partial charge in [0.1, 0.15) is 0 Å². The molecule has 3 aromatic rings. The van der Waals surface area contributed by atoms with Crippen LogP contribution in [0.2, 0.25) is 0 Å². The zero-order valence-electron chi connectivity index (χ0n) is 19.7. The minimum Gasteiger partial charge on any atom is -0.353 e. The Morgan fingerprint density at radius 2 is 1.97 bits per heavy atom. The number of thiophene rings is 1. The highest BCUT2D eigenvalue weighted by Crippen LogP contribution is 2.42. The van der Waals surface area contributed by atoms with Gasteiger partial charge >= 0.3 is 0 Å². The quantitative estimate of drug-likeness (QED) is 0.503. The van der Waals surface area contributed by atoms with Crippen molar-refractivity contribution >= 4 is 55.2 Å². The van der Waals surface area contributed by atoms with Gasteiger partial charge in [0.15, 0.2) is 5.82 Å². The number of anilines is 2. The van der Waals surface area contributed by atoms with Crippen LogP contribution >= 0.6 is 27.3 Å². The van der Waals surface area contributed by atoms with Crippen molar-refractivity contribution in [1.82, 2.24) is 15.3 Å². The third kappa shape index (κ3) is 3.79. The standard InChI is InChI=1S/C26H30BrN5OS/c1-3-17-4-5-19-15-32(9-6-18(19)12-17)23-22-20(13-21(27)34-22)29-25(30-23)31-10-7-26(8-11-31)14-16(2)28-24(26)33/h4-5,12-13,16H,3,6-11,14-15H2,1-2H3,(H,28,33)/t16-/m1/s1. The van der Waals surface area contributed by atoms with Crippen LogP contribution in [0.3, 0.4) is 0 Å². The first kappa shape index (κ1) is 22.3. The summed E-state index contributed by atoms with van der Waals surface area (Å²) >= 11 is 5.38. The molecule has 0 unspecified atom stereocenters. The molecular weight excluding hydrogens is 510 g/mol. The first-order valence-corrected chi connectivity index (χ1v) is 13.9. The zero-order valence-corrected chi connectivity index (χ0v) is 22.1. The van der Waals surface area contributed by atoms with Crippen LogP contribution in [0.15, 0.2) is 28.1 Å². The first-order valence-electron chi connectivity index (χ1n) is 12.3. The lowest BCUT2D eigenvalue weighted by atomic mass is 9.76. The van der Waals surface area contributed by atoms with Crippen LogP contribution in [0.4, 0.5) is 11.8 Å². The number of halogens is 1. The number of aromatic nitrogens is 2. The monoisotopic (exact) mass is 539 g/mol. The van der Waals surface area contributed by atoms with Crippen LogP contribution in [-0.4, -0.2) is 41.6 Å². The van der Waals surface area contributed by atoms with Crippen molar-refractivity contribution in [2.24, 2.45) is 5.41 Å². The molecule has 6 rings (SSSR count). The Bertz CT molecular complexity index is 1270. The van der Waals surface area contributed by atoms with Crippen LogP contribution in [-0.2, 0) is 24.2 Å². The number of rotatable bonds is 3. The van der Waals surface area contributed by atoms with Gasteiger partial charge in [0.05, 0.1) is 19.4 Å². The highest BCUT2D eigenvalue weighted by molar-refractivity contribution is 9.11. The maximum absolute atomic E-state index is 12.6. The molecule has 34 heavy (non-hydrogen) atoms. The summed E-state index contributed by atoms with van der Waals surface area (Å²) in [6, 6.07) is 9.31. The SMILES string of the molecule is CCc1ccc2c(c1)CCN(c1nc(N3CCC4(CC3)C[C@@H](C)NC4=O)nc3cc(Br)sc13)C2. The van der Waals surface area contributed by atoms with Crippen molar-refractivity contribution in [1.29, 1.82) is 0 Å². The van der Waals surface area contributed by atoms with Crippen molar-refractivity contribution in [3.63, 3.8) is 0 Å². The Kier molecular flexibility index (Phi) is 5.56. The molecule has 5 heterocycles. The summed E-state index contributed by atoms with van der Waals surface area (Å²) in [6.45, 7) is 7.80. The minimum absolute atomic E-state index is 0.206. The van der Waals surface area contributed by atoms with Gasteiger partial charge in [-0.2, -0.15) is 4.98 Å². The largest absolute Gasteiger partial charge is 0.353 e. The third-order valence-electron chi connectivity index (χ3n) is 7.86. The maximum Gasteiger partial charge on any atom is 0.227 e. The number of hydrogen-bond donors (Lipinski definition) is 1. The molecule has 0 radical (unpaired) electrons. The van der Waals surface area contributed by atoms with E-state index in [1.807, 2.05) is 0 Å². The Morgan fingerprint density at radius 3 is 2.71 bits per heavy atom. The van der Waals surface area contributed by atoms with Crippen LogP contribution in [0.25, 0.3) is 10.2 Å². The smallest absolute Gasteiger partial charge is 0.227 e. The fraction of sp³-hybridized carbons (Fsp3) is 0.500. The topological polar surface area (TPSA) is 61.4 Å². The number of carbonyl (C=O) groups excluding carboxylic acids is 1. The summed E-state index contributed by atoms with van der Waals surface area (Å²) in [5, 5.41) is 3.13. The second-order valence-electron chi connectivity index (χ2n) is 10.1. The van der Waals surface area contributed by atoms with Gasteiger partial charge in [-0.1, -0.05) is 25.1 Å². The lowest BCUT2D eigenvalue weighted by molar-refractivity contribution is -0.128. The molecule has 1 aromatic carbocycles. The lowest BCUT2D eigenvalue weighted by Crippen LogP contribution is -2.44. The van der Waals surface area contributed by atoms with E-state index in [2.05, 4.69) is 69.2 Å². The highest BCUT2D eigenvalue weighted by Gasteiger charge is 2.47. The molecule has 1 atom stereocenters. The van der Waals surface area contributed by atoms with E-state index in [9.17, 15) is 4.79 Å². The van der Waals surface area contributed by atoms with E-state index in [0.29, 0.717) is 0 Å². The summed E-state index contributed by atoms with van der Waals surface area (Å²) in [5.74, 6) is 2.06. The van der Waals surface area contributed by atoms with Crippen molar-refractivity contribution in [3.05, 3.63) is 44.7 Å². The molecule has 178 valence electrons. The van der Waals surface area contributed by atoms with Crippen molar-refractivity contribution in [2.45, 2.75) is 58.5 Å². The van der Waals surface area contributed by atoms with E-state index in [1.54, 1.807) is 11.3 Å². The Hall–Kier alpha value is -2.19. The number of amides is 1. The minimum atomic E-state index is -0.206. The summed E-state index contributed by atoms with van der Waals surface area (Å²) in [6.07, 6.45) is 4.78. The van der Waals surface area contributed by atoms with E-state index in [1.165, 1.54) is 16.7 Å². The molecule has 1 N–H and O–H groups in total. The van der Waals surface area contributed by atoms with Gasteiger partial charge < -0.3 is 15.1 Å². The van der Waals surface area contributed by atoms with Crippen LogP contribution < -0.4 is 15.1 Å². The second kappa shape index (κ2) is 8.48. The summed E-state index contributed by atoms with van der Waals surface area (Å²) < 4.78 is 2.22. The molecular formula is C26H30BrN5OS. The van der Waals surface area contributed by atoms with Gasteiger partial charge in [-0.25, -0.2) is 4.98 Å². The maximum atomic E-state index is 12.6. The molecule has 3 aliphatic heterocycles. The Morgan fingerprint density at radius 1 is 1.15 bits per heavy atom. The van der Waals surface area contributed by atoms with Crippen molar-refractivity contribution < 1.29 is 4.79 Å². The molecule has 3 aliphatic rings. The highest BCUT2D eigenvalue weighted by atomic mass is 79.9. The molecule has 1 spiro atoms. The molecule has 0 aliphatic carbocycles. The molecule has 0 bridgehead atoms. The van der Waals surface area contributed by atoms with E-state index >= 15 is 0 Å². The molecule has 6 nitrogen and oxygen atoms in total. The van der Waals surface area contributed by atoms with Crippen LogP contribution in [0.1, 0.15) is 49.8 Å². The van der Waals surface area contributed by atoms with E-state index in [-0.39, 0.29) is 17.4 Å². The van der Waals surface area contributed by atoms with Gasteiger partial charge in [-0.3, -0.25) is 4.79 Å². The molecule has 2 saturated heterocycles. The normalized spacial score (nSPS) is 21.9. The number of piperidine rings is 1. The zero-order chi connectivity index (χ0) is 23.4.